The standard InChI is InChI=1S/C21H25N3OS2/c1-3-24(4-2)13-17-8-6-5-7-16(17)12-22-20(25)11-19-15-27-21(23-19)18-9-10-26-14-18/h5-10,14-15H,3-4,11-13H2,1-2H3,(H,22,25). The summed E-state index contributed by atoms with van der Waals surface area (Å²) in [4.78, 5) is 19.3. The first-order valence-electron chi connectivity index (χ1n) is 9.22. The minimum atomic E-state index is 0.00908. The molecule has 0 aliphatic heterocycles. The molecule has 0 aliphatic carbocycles. The summed E-state index contributed by atoms with van der Waals surface area (Å²) in [7, 11) is 0. The van der Waals surface area contributed by atoms with Gasteiger partial charge in [-0.25, -0.2) is 4.98 Å². The van der Waals surface area contributed by atoms with E-state index < -0.39 is 0 Å². The van der Waals surface area contributed by atoms with Crippen LogP contribution in [-0.4, -0.2) is 28.9 Å². The third-order valence-electron chi connectivity index (χ3n) is 4.54. The zero-order chi connectivity index (χ0) is 19.1. The average Bonchev–Trinajstić information content (AvgIpc) is 3.37. The molecule has 0 bridgehead atoms. The van der Waals surface area contributed by atoms with Gasteiger partial charge < -0.3 is 5.32 Å². The summed E-state index contributed by atoms with van der Waals surface area (Å²) in [6.07, 6.45) is 0.318. The summed E-state index contributed by atoms with van der Waals surface area (Å²) in [5, 5.41) is 10.1. The molecule has 27 heavy (non-hydrogen) atoms. The first-order chi connectivity index (χ1) is 13.2. The normalized spacial score (nSPS) is 11.1. The Morgan fingerprint density at radius 1 is 1.11 bits per heavy atom. The third kappa shape index (κ3) is 5.48. The fraction of sp³-hybridized carbons (Fsp3) is 0.333. The molecule has 0 atom stereocenters. The van der Waals surface area contributed by atoms with Crippen LogP contribution in [0.25, 0.3) is 10.6 Å². The van der Waals surface area contributed by atoms with Crippen molar-refractivity contribution in [3.63, 3.8) is 0 Å². The minimum Gasteiger partial charge on any atom is -0.352 e. The second-order valence-corrected chi connectivity index (χ2v) is 7.98. The van der Waals surface area contributed by atoms with Crippen molar-refractivity contribution >= 4 is 28.6 Å². The van der Waals surface area contributed by atoms with Crippen LogP contribution in [0.15, 0.2) is 46.5 Å². The molecular weight excluding hydrogens is 374 g/mol. The number of thiophene rings is 1. The first-order valence-corrected chi connectivity index (χ1v) is 11.0. The molecule has 0 radical (unpaired) electrons. The molecular formula is C21H25N3OS2. The van der Waals surface area contributed by atoms with Crippen LogP contribution in [0.3, 0.4) is 0 Å². The summed E-state index contributed by atoms with van der Waals surface area (Å²) >= 11 is 3.24. The van der Waals surface area contributed by atoms with Crippen molar-refractivity contribution in [2.45, 2.75) is 33.4 Å². The van der Waals surface area contributed by atoms with Gasteiger partial charge in [0.15, 0.2) is 0 Å². The maximum atomic E-state index is 12.4. The van der Waals surface area contributed by atoms with E-state index in [0.29, 0.717) is 13.0 Å². The summed E-state index contributed by atoms with van der Waals surface area (Å²) in [5.41, 5.74) is 4.40. The van der Waals surface area contributed by atoms with E-state index in [4.69, 9.17) is 0 Å². The van der Waals surface area contributed by atoms with Crippen LogP contribution in [0.2, 0.25) is 0 Å². The number of hydrogen-bond acceptors (Lipinski definition) is 5. The van der Waals surface area contributed by atoms with Gasteiger partial charge in [-0.05, 0) is 35.7 Å². The highest BCUT2D eigenvalue weighted by atomic mass is 32.1. The predicted octanol–water partition coefficient (Wildman–Crippen LogP) is 4.57. The molecule has 3 rings (SSSR count). The Hall–Kier alpha value is -2.02. The van der Waals surface area contributed by atoms with Gasteiger partial charge in [0.1, 0.15) is 5.01 Å². The summed E-state index contributed by atoms with van der Waals surface area (Å²) in [6.45, 7) is 7.85. The van der Waals surface area contributed by atoms with E-state index in [2.05, 4.69) is 58.7 Å². The quantitative estimate of drug-likeness (QED) is 0.573. The van der Waals surface area contributed by atoms with Crippen molar-refractivity contribution in [3.05, 3.63) is 63.3 Å². The van der Waals surface area contributed by atoms with Crippen molar-refractivity contribution in [1.82, 2.24) is 15.2 Å². The highest BCUT2D eigenvalue weighted by Crippen LogP contribution is 2.25. The zero-order valence-corrected chi connectivity index (χ0v) is 17.4. The molecule has 4 nitrogen and oxygen atoms in total. The van der Waals surface area contributed by atoms with Crippen molar-refractivity contribution in [1.29, 1.82) is 0 Å². The molecule has 0 saturated carbocycles. The average molecular weight is 400 g/mol. The fourth-order valence-electron chi connectivity index (χ4n) is 2.90. The monoisotopic (exact) mass is 399 g/mol. The van der Waals surface area contributed by atoms with Crippen molar-refractivity contribution in [2.75, 3.05) is 13.1 Å². The van der Waals surface area contributed by atoms with Gasteiger partial charge in [-0.1, -0.05) is 38.1 Å². The van der Waals surface area contributed by atoms with Gasteiger partial charge in [0.2, 0.25) is 5.91 Å². The molecule has 3 aromatic rings. The van der Waals surface area contributed by atoms with Gasteiger partial charge in [0.25, 0.3) is 0 Å². The SMILES string of the molecule is CCN(CC)Cc1ccccc1CNC(=O)Cc1csc(-c2ccsc2)n1. The van der Waals surface area contributed by atoms with E-state index >= 15 is 0 Å². The number of nitrogens with zero attached hydrogens (tertiary/aromatic N) is 2. The number of nitrogens with one attached hydrogen (secondary N) is 1. The van der Waals surface area contributed by atoms with Gasteiger partial charge in [-0.2, -0.15) is 11.3 Å². The van der Waals surface area contributed by atoms with E-state index in [9.17, 15) is 4.79 Å². The number of carbonyl (C=O) groups is 1. The summed E-state index contributed by atoms with van der Waals surface area (Å²) < 4.78 is 0. The lowest BCUT2D eigenvalue weighted by Crippen LogP contribution is -2.27. The van der Waals surface area contributed by atoms with Crippen LogP contribution in [0.1, 0.15) is 30.7 Å². The van der Waals surface area contributed by atoms with Gasteiger partial charge in [0, 0.05) is 29.4 Å². The number of aromatic nitrogens is 1. The highest BCUT2D eigenvalue weighted by molar-refractivity contribution is 7.14. The Morgan fingerprint density at radius 3 is 2.59 bits per heavy atom. The smallest absolute Gasteiger partial charge is 0.226 e. The van der Waals surface area contributed by atoms with Crippen molar-refractivity contribution < 1.29 is 4.79 Å². The first kappa shape index (κ1) is 19.7. The largest absolute Gasteiger partial charge is 0.352 e. The summed E-state index contributed by atoms with van der Waals surface area (Å²) in [6, 6.07) is 10.4. The van der Waals surface area contributed by atoms with Gasteiger partial charge in [-0.15, -0.1) is 11.3 Å². The van der Waals surface area contributed by atoms with Crippen LogP contribution >= 0.6 is 22.7 Å². The zero-order valence-electron chi connectivity index (χ0n) is 15.8. The van der Waals surface area contributed by atoms with Crippen LogP contribution in [0, 0.1) is 0 Å². The lowest BCUT2D eigenvalue weighted by atomic mass is 10.1. The Bertz CT molecular complexity index is 854. The number of carbonyl (C=O) groups excluding carboxylic acids is 1. The molecule has 0 unspecified atom stereocenters. The lowest BCUT2D eigenvalue weighted by Gasteiger charge is -2.20. The number of thiazole rings is 1. The fourth-order valence-corrected chi connectivity index (χ4v) is 4.43. The van der Waals surface area contributed by atoms with E-state index in [1.54, 1.807) is 22.7 Å². The Balaban J connectivity index is 1.57. The van der Waals surface area contributed by atoms with Crippen molar-refractivity contribution in [3.8, 4) is 10.6 Å². The Morgan fingerprint density at radius 2 is 1.89 bits per heavy atom. The Labute approximate surface area is 168 Å². The second-order valence-electron chi connectivity index (χ2n) is 6.34. The van der Waals surface area contributed by atoms with Crippen LogP contribution in [0.5, 0.6) is 0 Å². The molecule has 2 heterocycles. The van der Waals surface area contributed by atoms with E-state index in [0.717, 1.165) is 35.9 Å². The van der Waals surface area contributed by atoms with Crippen LogP contribution in [0.4, 0.5) is 0 Å². The number of rotatable bonds is 9. The number of amides is 1. The van der Waals surface area contributed by atoms with Crippen LogP contribution < -0.4 is 5.32 Å². The Kier molecular flexibility index (Phi) is 7.15. The maximum absolute atomic E-state index is 12.4. The molecule has 0 saturated heterocycles. The van der Waals surface area contributed by atoms with E-state index in [1.165, 1.54) is 11.1 Å². The highest BCUT2D eigenvalue weighted by Gasteiger charge is 2.11. The molecule has 0 aliphatic rings. The lowest BCUT2D eigenvalue weighted by molar-refractivity contribution is -0.120. The molecule has 1 N–H and O–H groups in total. The molecule has 1 amide bonds. The second kappa shape index (κ2) is 9.78. The maximum Gasteiger partial charge on any atom is 0.226 e. The molecule has 142 valence electrons. The molecule has 0 fully saturated rings. The van der Waals surface area contributed by atoms with Gasteiger partial charge in [0.05, 0.1) is 12.1 Å². The predicted molar refractivity (Wildman–Crippen MR) is 114 cm³/mol. The molecule has 6 heteroatoms. The number of hydrogen-bond donors (Lipinski definition) is 1. The molecule has 1 aromatic carbocycles. The van der Waals surface area contributed by atoms with Crippen LogP contribution in [-0.2, 0) is 24.3 Å². The summed E-state index contributed by atoms with van der Waals surface area (Å²) in [5.74, 6) is 0.00908. The van der Waals surface area contributed by atoms with E-state index in [-0.39, 0.29) is 5.91 Å². The third-order valence-corrected chi connectivity index (χ3v) is 6.17. The topological polar surface area (TPSA) is 45.2 Å². The molecule has 2 aromatic heterocycles. The number of benzene rings is 1. The van der Waals surface area contributed by atoms with E-state index in [1.807, 2.05) is 16.8 Å². The minimum absolute atomic E-state index is 0.00908. The van der Waals surface area contributed by atoms with Gasteiger partial charge >= 0.3 is 0 Å². The van der Waals surface area contributed by atoms with Gasteiger partial charge in [-0.3, -0.25) is 9.69 Å². The molecule has 0 spiro atoms. The van der Waals surface area contributed by atoms with Crippen molar-refractivity contribution in [2.24, 2.45) is 0 Å².